The Morgan fingerprint density at radius 1 is 0.906 bits per heavy atom. The quantitative estimate of drug-likeness (QED) is 0.535. The van der Waals surface area contributed by atoms with E-state index in [1.165, 1.54) is 24.3 Å². The van der Waals surface area contributed by atoms with Crippen molar-refractivity contribution in [2.24, 2.45) is 0 Å². The van der Waals surface area contributed by atoms with Crippen LogP contribution in [0.1, 0.15) is 29.0 Å². The van der Waals surface area contributed by atoms with Gasteiger partial charge in [0.15, 0.2) is 0 Å². The molecule has 0 spiro atoms. The van der Waals surface area contributed by atoms with E-state index in [1.54, 1.807) is 6.07 Å². The van der Waals surface area contributed by atoms with E-state index in [9.17, 15) is 23.5 Å². The number of benzene rings is 3. The molecule has 0 fully saturated rings. The normalized spacial score (nSPS) is 13.7. The van der Waals surface area contributed by atoms with Crippen LogP contribution in [-0.2, 0) is 15.5 Å². The fraction of sp³-hybridized carbons (Fsp3) is 0.200. The predicted molar refractivity (Wildman–Crippen MR) is 115 cm³/mol. The number of halogens is 2. The van der Waals surface area contributed by atoms with Crippen LogP contribution in [0.5, 0.6) is 0 Å². The molecule has 0 saturated heterocycles. The maximum absolute atomic E-state index is 14.5. The summed E-state index contributed by atoms with van der Waals surface area (Å²) in [5.41, 5.74) is 3.76. The molecule has 4 rings (SSSR count). The maximum Gasteiger partial charge on any atom is 0.407 e. The Morgan fingerprint density at radius 3 is 2.00 bits per heavy atom. The Kier molecular flexibility index (Phi) is 5.90. The standard InChI is InChI=1S/C25H21F2NO4/c26-25(27,16-8-2-1-3-9-16)14-22(23(29)30)28-24(31)32-15-21-19-12-6-4-10-17(19)18-11-5-7-13-20(18)21/h1-13,21-22H,14-15H2,(H,28,31)(H,29,30). The summed E-state index contributed by atoms with van der Waals surface area (Å²) in [6, 6.07) is 20.6. The monoisotopic (exact) mass is 437 g/mol. The number of carboxylic acids is 1. The molecule has 164 valence electrons. The Bertz CT molecular complexity index is 1090. The fourth-order valence-electron chi connectivity index (χ4n) is 4.04. The minimum atomic E-state index is -3.43. The molecule has 1 amide bonds. The first kappa shape index (κ1) is 21.5. The third-order valence-electron chi connectivity index (χ3n) is 5.59. The highest BCUT2D eigenvalue weighted by Crippen LogP contribution is 2.44. The second-order valence-corrected chi connectivity index (χ2v) is 7.64. The maximum atomic E-state index is 14.5. The van der Waals surface area contributed by atoms with Crippen LogP contribution in [0.15, 0.2) is 78.9 Å². The number of hydrogen-bond acceptors (Lipinski definition) is 3. The van der Waals surface area contributed by atoms with Gasteiger partial charge >= 0.3 is 12.1 Å². The van der Waals surface area contributed by atoms with Crippen molar-refractivity contribution in [2.75, 3.05) is 6.61 Å². The van der Waals surface area contributed by atoms with Crippen molar-refractivity contribution < 1.29 is 28.2 Å². The van der Waals surface area contributed by atoms with Crippen molar-refractivity contribution in [3.63, 3.8) is 0 Å². The number of ether oxygens (including phenoxy) is 1. The molecule has 3 aromatic carbocycles. The van der Waals surface area contributed by atoms with Gasteiger partial charge in [0.05, 0.1) is 0 Å². The molecule has 1 unspecified atom stereocenters. The number of carbonyl (C=O) groups excluding carboxylic acids is 1. The van der Waals surface area contributed by atoms with E-state index in [1.807, 2.05) is 48.5 Å². The lowest BCUT2D eigenvalue weighted by Crippen LogP contribution is -2.44. The first-order valence-corrected chi connectivity index (χ1v) is 10.1. The summed E-state index contributed by atoms with van der Waals surface area (Å²) in [5, 5.41) is 11.4. The molecular formula is C25H21F2NO4. The van der Waals surface area contributed by atoms with Gasteiger partial charge in [-0.2, -0.15) is 0 Å². The second kappa shape index (κ2) is 8.78. The topological polar surface area (TPSA) is 75.6 Å². The highest BCUT2D eigenvalue weighted by molar-refractivity contribution is 5.81. The fourth-order valence-corrected chi connectivity index (χ4v) is 4.04. The number of amides is 1. The van der Waals surface area contributed by atoms with Crippen LogP contribution >= 0.6 is 0 Å². The third-order valence-corrected chi connectivity index (χ3v) is 5.59. The van der Waals surface area contributed by atoms with Gasteiger partial charge in [-0.3, -0.25) is 0 Å². The van der Waals surface area contributed by atoms with E-state index in [-0.39, 0.29) is 18.1 Å². The summed E-state index contributed by atoms with van der Waals surface area (Å²) in [7, 11) is 0. The molecule has 0 bridgehead atoms. The zero-order valence-electron chi connectivity index (χ0n) is 17.0. The largest absolute Gasteiger partial charge is 0.480 e. The van der Waals surface area contributed by atoms with E-state index < -0.39 is 30.4 Å². The van der Waals surface area contributed by atoms with E-state index in [4.69, 9.17) is 4.74 Å². The lowest BCUT2D eigenvalue weighted by molar-refractivity contribution is -0.142. The third kappa shape index (κ3) is 4.32. The SMILES string of the molecule is O=C(NC(CC(F)(F)c1ccccc1)C(=O)O)OCC1c2ccccc2-c2ccccc21. The van der Waals surface area contributed by atoms with E-state index in [2.05, 4.69) is 5.32 Å². The molecule has 0 aromatic heterocycles. The molecule has 2 N–H and O–H groups in total. The van der Waals surface area contributed by atoms with Gasteiger partial charge < -0.3 is 15.2 Å². The Morgan fingerprint density at radius 2 is 1.44 bits per heavy atom. The van der Waals surface area contributed by atoms with Crippen molar-refractivity contribution in [2.45, 2.75) is 24.3 Å². The summed E-state index contributed by atoms with van der Waals surface area (Å²) in [5.74, 6) is -5.21. The minimum Gasteiger partial charge on any atom is -0.480 e. The molecule has 5 nitrogen and oxygen atoms in total. The molecule has 32 heavy (non-hydrogen) atoms. The lowest BCUT2D eigenvalue weighted by atomic mass is 9.98. The molecule has 0 saturated carbocycles. The lowest BCUT2D eigenvalue weighted by Gasteiger charge is -2.22. The number of alkyl halides is 2. The van der Waals surface area contributed by atoms with E-state index in [0.717, 1.165) is 22.3 Å². The number of carboxylic acid groups (broad SMARTS) is 1. The van der Waals surface area contributed by atoms with Crippen LogP contribution < -0.4 is 5.32 Å². The highest BCUT2D eigenvalue weighted by atomic mass is 19.3. The number of alkyl carbamates (subject to hydrolysis) is 1. The summed E-state index contributed by atoms with van der Waals surface area (Å²) in [6.45, 7) is -0.0404. The summed E-state index contributed by atoms with van der Waals surface area (Å²) < 4.78 is 34.3. The van der Waals surface area contributed by atoms with Gasteiger partial charge in [0.1, 0.15) is 12.6 Å². The summed E-state index contributed by atoms with van der Waals surface area (Å²) in [4.78, 5) is 23.8. The Hall–Kier alpha value is -3.74. The van der Waals surface area contributed by atoms with Gasteiger partial charge in [0.2, 0.25) is 0 Å². The highest BCUT2D eigenvalue weighted by Gasteiger charge is 2.38. The van der Waals surface area contributed by atoms with Crippen LogP contribution in [0, 0.1) is 0 Å². The van der Waals surface area contributed by atoms with Crippen molar-refractivity contribution in [1.82, 2.24) is 5.32 Å². The predicted octanol–water partition coefficient (Wildman–Crippen LogP) is 5.16. The zero-order valence-corrected chi connectivity index (χ0v) is 17.0. The molecule has 1 aliphatic carbocycles. The van der Waals surface area contributed by atoms with Crippen LogP contribution in [0.2, 0.25) is 0 Å². The smallest absolute Gasteiger partial charge is 0.407 e. The van der Waals surface area contributed by atoms with Crippen molar-refractivity contribution in [3.05, 3.63) is 95.6 Å². The van der Waals surface area contributed by atoms with Crippen molar-refractivity contribution >= 4 is 12.1 Å². The van der Waals surface area contributed by atoms with Crippen LogP contribution in [0.25, 0.3) is 11.1 Å². The number of nitrogens with one attached hydrogen (secondary N) is 1. The first-order valence-electron chi connectivity index (χ1n) is 10.1. The average molecular weight is 437 g/mol. The number of hydrogen-bond donors (Lipinski definition) is 2. The number of fused-ring (bicyclic) bond motifs is 3. The zero-order chi connectivity index (χ0) is 22.7. The molecule has 0 radical (unpaired) electrons. The molecule has 3 aromatic rings. The second-order valence-electron chi connectivity index (χ2n) is 7.64. The van der Waals surface area contributed by atoms with Crippen LogP contribution in [-0.4, -0.2) is 29.8 Å². The van der Waals surface area contributed by atoms with Crippen molar-refractivity contribution in [3.8, 4) is 11.1 Å². The minimum absolute atomic E-state index is 0.0404. The molecular weight excluding hydrogens is 416 g/mol. The molecule has 7 heteroatoms. The molecule has 0 aliphatic heterocycles. The van der Waals surface area contributed by atoms with Gasteiger partial charge in [-0.1, -0.05) is 78.9 Å². The van der Waals surface area contributed by atoms with E-state index >= 15 is 0 Å². The van der Waals surface area contributed by atoms with Crippen LogP contribution in [0.4, 0.5) is 13.6 Å². The molecule has 0 heterocycles. The Balaban J connectivity index is 1.43. The summed E-state index contributed by atoms with van der Waals surface area (Å²) >= 11 is 0. The average Bonchev–Trinajstić information content (AvgIpc) is 3.11. The van der Waals surface area contributed by atoms with Gasteiger partial charge in [0, 0.05) is 17.9 Å². The van der Waals surface area contributed by atoms with Gasteiger partial charge in [-0.15, -0.1) is 0 Å². The van der Waals surface area contributed by atoms with Gasteiger partial charge in [0.25, 0.3) is 5.92 Å². The number of rotatable bonds is 7. The summed E-state index contributed by atoms with van der Waals surface area (Å²) in [6.07, 6.45) is -2.14. The van der Waals surface area contributed by atoms with Gasteiger partial charge in [-0.05, 0) is 22.3 Å². The molecule has 1 atom stereocenters. The Labute approximate surface area is 183 Å². The number of aliphatic carboxylic acids is 1. The van der Waals surface area contributed by atoms with Gasteiger partial charge in [-0.25, -0.2) is 18.4 Å². The molecule has 1 aliphatic rings. The van der Waals surface area contributed by atoms with E-state index in [0.29, 0.717) is 0 Å². The van der Waals surface area contributed by atoms with Crippen molar-refractivity contribution in [1.29, 1.82) is 0 Å². The first-order chi connectivity index (χ1) is 15.4. The van der Waals surface area contributed by atoms with Crippen LogP contribution in [0.3, 0.4) is 0 Å². The number of carbonyl (C=O) groups is 2.